The molecule has 6 heteroatoms. The third-order valence-electron chi connectivity index (χ3n) is 3.98. The minimum absolute atomic E-state index is 0.175. The van der Waals surface area contributed by atoms with Gasteiger partial charge in [-0.05, 0) is 18.4 Å². The number of rotatable bonds is 7. The summed E-state index contributed by atoms with van der Waals surface area (Å²) in [6.07, 6.45) is 6.93. The molecule has 2 heterocycles. The van der Waals surface area contributed by atoms with Gasteiger partial charge in [-0.2, -0.15) is 0 Å². The van der Waals surface area contributed by atoms with E-state index in [1.54, 1.807) is 12.5 Å². The molecule has 0 aliphatic rings. The van der Waals surface area contributed by atoms with E-state index in [1.807, 2.05) is 31.3 Å². The summed E-state index contributed by atoms with van der Waals surface area (Å²) in [6.45, 7) is 3.20. The number of aromatic nitrogens is 4. The van der Waals surface area contributed by atoms with E-state index in [0.29, 0.717) is 12.2 Å². The number of aromatic amines is 1. The van der Waals surface area contributed by atoms with E-state index >= 15 is 0 Å². The molecule has 0 bridgehead atoms. The largest absolute Gasteiger partial charge is 0.348 e. The Kier molecular flexibility index (Phi) is 5.05. The topological polar surface area (TPSA) is 75.6 Å². The van der Waals surface area contributed by atoms with Crippen LogP contribution in [0.15, 0.2) is 49.1 Å². The lowest BCUT2D eigenvalue weighted by Gasteiger charge is -2.09. The van der Waals surface area contributed by atoms with Gasteiger partial charge in [0.1, 0.15) is 11.5 Å². The lowest BCUT2D eigenvalue weighted by Crippen LogP contribution is -2.26. The summed E-state index contributed by atoms with van der Waals surface area (Å²) in [5.74, 6) is 0.665. The maximum Gasteiger partial charge on any atom is 0.272 e. The summed E-state index contributed by atoms with van der Waals surface area (Å²) in [6, 6.07) is 10.3. The van der Waals surface area contributed by atoms with Crippen LogP contribution in [-0.4, -0.2) is 25.4 Å². The van der Waals surface area contributed by atoms with Crippen LogP contribution < -0.4 is 5.32 Å². The molecule has 2 N–H and O–H groups in total. The Bertz CT molecular complexity index is 791. The van der Waals surface area contributed by atoms with Crippen LogP contribution in [-0.2, 0) is 25.9 Å². The summed E-state index contributed by atoms with van der Waals surface area (Å²) in [5.41, 5.74) is 2.59. The second-order valence-electron chi connectivity index (χ2n) is 5.54. The lowest BCUT2D eigenvalue weighted by molar-refractivity contribution is 0.0944. The molecule has 0 saturated heterocycles. The molecule has 0 fully saturated rings. The summed E-state index contributed by atoms with van der Waals surface area (Å²) >= 11 is 0. The first kappa shape index (κ1) is 16.0. The zero-order valence-corrected chi connectivity index (χ0v) is 13.7. The third-order valence-corrected chi connectivity index (χ3v) is 3.98. The molecule has 24 heavy (non-hydrogen) atoms. The fourth-order valence-electron chi connectivity index (χ4n) is 2.63. The van der Waals surface area contributed by atoms with Gasteiger partial charge in [-0.15, -0.1) is 0 Å². The molecular formula is C18H21N5O. The molecule has 124 valence electrons. The van der Waals surface area contributed by atoms with Crippen LogP contribution in [0.2, 0.25) is 0 Å². The zero-order chi connectivity index (χ0) is 16.8. The highest BCUT2D eigenvalue weighted by Crippen LogP contribution is 2.06. The standard InChI is InChI=1S/C18H21N5O/c1-2-15-17(22-13-21-15)18(24)20-12-16-19-9-11-23(16)10-8-14-6-4-3-5-7-14/h3-7,9,11,13H,2,8,10,12H2,1H3,(H,20,24)(H,21,22). The molecule has 3 rings (SSSR count). The molecule has 0 spiro atoms. The average Bonchev–Trinajstić information content (AvgIpc) is 3.27. The predicted molar refractivity (Wildman–Crippen MR) is 91.5 cm³/mol. The van der Waals surface area contributed by atoms with E-state index < -0.39 is 0 Å². The quantitative estimate of drug-likeness (QED) is 0.701. The van der Waals surface area contributed by atoms with Gasteiger partial charge in [0.05, 0.1) is 12.9 Å². The van der Waals surface area contributed by atoms with Crippen molar-refractivity contribution in [3.05, 3.63) is 71.8 Å². The van der Waals surface area contributed by atoms with Gasteiger partial charge in [0.25, 0.3) is 5.91 Å². The second kappa shape index (κ2) is 7.59. The van der Waals surface area contributed by atoms with E-state index in [0.717, 1.165) is 30.9 Å². The highest BCUT2D eigenvalue weighted by Gasteiger charge is 2.14. The highest BCUT2D eigenvalue weighted by molar-refractivity contribution is 5.93. The Labute approximate surface area is 141 Å². The first-order valence-corrected chi connectivity index (χ1v) is 8.12. The Morgan fingerprint density at radius 3 is 2.88 bits per heavy atom. The number of benzene rings is 1. The van der Waals surface area contributed by atoms with Gasteiger partial charge >= 0.3 is 0 Å². The number of hydrogen-bond donors (Lipinski definition) is 2. The lowest BCUT2D eigenvalue weighted by atomic mass is 10.1. The minimum Gasteiger partial charge on any atom is -0.348 e. The number of nitrogens with one attached hydrogen (secondary N) is 2. The molecule has 0 unspecified atom stereocenters. The van der Waals surface area contributed by atoms with E-state index in [2.05, 4.69) is 37.0 Å². The molecule has 0 aliphatic carbocycles. The molecule has 0 saturated carbocycles. The minimum atomic E-state index is -0.175. The number of aryl methyl sites for hydroxylation is 3. The van der Waals surface area contributed by atoms with E-state index in [1.165, 1.54) is 5.56 Å². The molecule has 1 aromatic carbocycles. The van der Waals surface area contributed by atoms with Crippen molar-refractivity contribution >= 4 is 5.91 Å². The Hall–Kier alpha value is -2.89. The number of imidazole rings is 2. The van der Waals surface area contributed by atoms with E-state index in [4.69, 9.17) is 0 Å². The van der Waals surface area contributed by atoms with Crippen molar-refractivity contribution in [1.82, 2.24) is 24.8 Å². The van der Waals surface area contributed by atoms with Crippen molar-refractivity contribution in [2.75, 3.05) is 0 Å². The van der Waals surface area contributed by atoms with Gasteiger partial charge in [-0.25, -0.2) is 9.97 Å². The highest BCUT2D eigenvalue weighted by atomic mass is 16.1. The van der Waals surface area contributed by atoms with Crippen molar-refractivity contribution < 1.29 is 4.79 Å². The molecule has 6 nitrogen and oxygen atoms in total. The van der Waals surface area contributed by atoms with Crippen molar-refractivity contribution in [1.29, 1.82) is 0 Å². The number of carbonyl (C=O) groups is 1. The van der Waals surface area contributed by atoms with Crippen molar-refractivity contribution in [3.8, 4) is 0 Å². The second-order valence-corrected chi connectivity index (χ2v) is 5.54. The average molecular weight is 323 g/mol. The molecule has 0 atom stereocenters. The molecule has 0 radical (unpaired) electrons. The van der Waals surface area contributed by atoms with Crippen LogP contribution in [0.25, 0.3) is 0 Å². The van der Waals surface area contributed by atoms with Crippen LogP contribution >= 0.6 is 0 Å². The molecular weight excluding hydrogens is 302 g/mol. The maximum absolute atomic E-state index is 12.2. The molecule has 3 aromatic rings. The fraction of sp³-hybridized carbons (Fsp3) is 0.278. The van der Waals surface area contributed by atoms with Crippen LogP contribution in [0.3, 0.4) is 0 Å². The SMILES string of the molecule is CCc1[nH]cnc1C(=O)NCc1nccn1CCc1ccccc1. The summed E-state index contributed by atoms with van der Waals surface area (Å²) in [5, 5.41) is 2.90. The molecule has 1 amide bonds. The third kappa shape index (κ3) is 3.71. The molecule has 0 aliphatic heterocycles. The number of carbonyl (C=O) groups excluding carboxylic acids is 1. The van der Waals surface area contributed by atoms with Gasteiger partial charge in [-0.1, -0.05) is 37.3 Å². The van der Waals surface area contributed by atoms with Crippen molar-refractivity contribution in [2.24, 2.45) is 0 Å². The van der Waals surface area contributed by atoms with Gasteiger partial charge in [0.15, 0.2) is 0 Å². The number of H-pyrrole nitrogens is 1. The van der Waals surface area contributed by atoms with Gasteiger partial charge < -0.3 is 14.9 Å². The van der Waals surface area contributed by atoms with Gasteiger partial charge in [-0.3, -0.25) is 4.79 Å². The van der Waals surface area contributed by atoms with Gasteiger partial charge in [0.2, 0.25) is 0 Å². The normalized spacial score (nSPS) is 10.7. The first-order valence-electron chi connectivity index (χ1n) is 8.12. The number of amides is 1. The van der Waals surface area contributed by atoms with Crippen LogP contribution in [0.4, 0.5) is 0 Å². The van der Waals surface area contributed by atoms with Crippen LogP contribution in [0.5, 0.6) is 0 Å². The predicted octanol–water partition coefficient (Wildman–Crippen LogP) is 2.34. The smallest absolute Gasteiger partial charge is 0.272 e. The fourth-order valence-corrected chi connectivity index (χ4v) is 2.63. The monoisotopic (exact) mass is 323 g/mol. The summed E-state index contributed by atoms with van der Waals surface area (Å²) < 4.78 is 2.07. The van der Waals surface area contributed by atoms with Gasteiger partial charge in [0, 0.05) is 24.6 Å². The first-order chi connectivity index (χ1) is 11.8. The van der Waals surface area contributed by atoms with Crippen LogP contribution in [0.1, 0.15) is 34.5 Å². The Morgan fingerprint density at radius 2 is 2.08 bits per heavy atom. The van der Waals surface area contributed by atoms with E-state index in [9.17, 15) is 4.79 Å². The zero-order valence-electron chi connectivity index (χ0n) is 13.7. The molecule has 2 aromatic heterocycles. The van der Waals surface area contributed by atoms with Crippen molar-refractivity contribution in [3.63, 3.8) is 0 Å². The summed E-state index contributed by atoms with van der Waals surface area (Å²) in [4.78, 5) is 23.7. The van der Waals surface area contributed by atoms with Crippen LogP contribution in [0, 0.1) is 0 Å². The maximum atomic E-state index is 12.2. The van der Waals surface area contributed by atoms with Crippen molar-refractivity contribution in [2.45, 2.75) is 32.9 Å². The summed E-state index contributed by atoms with van der Waals surface area (Å²) in [7, 11) is 0. The van der Waals surface area contributed by atoms with E-state index in [-0.39, 0.29) is 5.91 Å². The number of hydrogen-bond acceptors (Lipinski definition) is 3. The Morgan fingerprint density at radius 1 is 1.25 bits per heavy atom. The number of nitrogens with zero attached hydrogens (tertiary/aromatic N) is 3. The Balaban J connectivity index is 1.58.